The molecule has 6 nitrogen and oxygen atoms in total. The van der Waals surface area contributed by atoms with Crippen LogP contribution in [-0.4, -0.2) is 54.2 Å². The van der Waals surface area contributed by atoms with Gasteiger partial charge in [-0.25, -0.2) is 9.59 Å². The largest absolute Gasteiger partial charge is 0.480 e. The molecule has 1 saturated carbocycles. The first-order valence-corrected chi connectivity index (χ1v) is 8.05. The molecule has 1 saturated heterocycles. The molecule has 0 aromatic heterocycles. The molecule has 6 heteroatoms. The highest BCUT2D eigenvalue weighted by Gasteiger charge is 2.31. The fourth-order valence-corrected chi connectivity index (χ4v) is 3.49. The number of nitrogens with zero attached hydrogens (tertiary/aromatic N) is 1. The number of hydrogen-bond donors (Lipinski definition) is 3. The minimum atomic E-state index is -0.921. The van der Waals surface area contributed by atoms with E-state index in [9.17, 15) is 14.7 Å². The molecule has 2 fully saturated rings. The lowest BCUT2D eigenvalue weighted by atomic mass is 9.84. The van der Waals surface area contributed by atoms with Gasteiger partial charge in [-0.3, -0.25) is 0 Å². The van der Waals surface area contributed by atoms with Crippen LogP contribution in [0.2, 0.25) is 0 Å². The van der Waals surface area contributed by atoms with Gasteiger partial charge in [0.1, 0.15) is 6.04 Å². The summed E-state index contributed by atoms with van der Waals surface area (Å²) in [6.07, 6.45) is 7.32. The predicted octanol–water partition coefficient (Wildman–Crippen LogP) is 1.41. The van der Waals surface area contributed by atoms with Crippen molar-refractivity contribution in [3.8, 4) is 0 Å². The van der Waals surface area contributed by atoms with E-state index in [0.29, 0.717) is 12.6 Å². The molecule has 1 aliphatic heterocycles. The van der Waals surface area contributed by atoms with Crippen LogP contribution in [0.25, 0.3) is 0 Å². The Bertz CT molecular complexity index is 369. The van der Waals surface area contributed by atoms with Crippen molar-refractivity contribution in [2.45, 2.75) is 57.0 Å². The fourth-order valence-electron chi connectivity index (χ4n) is 3.49. The summed E-state index contributed by atoms with van der Waals surface area (Å²) < 4.78 is 0. The van der Waals surface area contributed by atoms with Crippen LogP contribution >= 0.6 is 0 Å². The van der Waals surface area contributed by atoms with Gasteiger partial charge in [0.05, 0.1) is 0 Å². The average molecular weight is 297 g/mol. The second-order valence-electron chi connectivity index (χ2n) is 6.35. The first kappa shape index (κ1) is 16.1. The number of likely N-dealkylation sites (N-methyl/N-ethyl adjacent to an activating group) is 1. The lowest BCUT2D eigenvalue weighted by Crippen LogP contribution is -2.51. The number of amides is 2. The maximum absolute atomic E-state index is 12.0. The first-order valence-electron chi connectivity index (χ1n) is 8.05. The molecule has 21 heavy (non-hydrogen) atoms. The maximum atomic E-state index is 12.0. The number of hydrogen-bond acceptors (Lipinski definition) is 3. The lowest BCUT2D eigenvalue weighted by Gasteiger charge is -2.28. The highest BCUT2D eigenvalue weighted by molar-refractivity contribution is 5.82. The Kier molecular flexibility index (Phi) is 5.85. The summed E-state index contributed by atoms with van der Waals surface area (Å²) in [6.45, 7) is 1.65. The Hall–Kier alpha value is -1.30. The van der Waals surface area contributed by atoms with E-state index in [1.807, 2.05) is 0 Å². The van der Waals surface area contributed by atoms with Crippen LogP contribution in [-0.2, 0) is 4.79 Å². The summed E-state index contributed by atoms with van der Waals surface area (Å²) in [7, 11) is 2.05. The van der Waals surface area contributed by atoms with Crippen molar-refractivity contribution in [2.24, 2.45) is 5.92 Å². The summed E-state index contributed by atoms with van der Waals surface area (Å²) >= 11 is 0. The number of likely N-dealkylation sites (tertiary alicyclic amines) is 1. The molecule has 120 valence electrons. The van der Waals surface area contributed by atoms with Gasteiger partial charge in [0, 0.05) is 12.6 Å². The molecule has 2 atom stereocenters. The van der Waals surface area contributed by atoms with Crippen molar-refractivity contribution in [3.63, 3.8) is 0 Å². The Labute approximate surface area is 126 Å². The van der Waals surface area contributed by atoms with Crippen LogP contribution in [0.3, 0.4) is 0 Å². The first-order chi connectivity index (χ1) is 10.1. The monoisotopic (exact) mass is 297 g/mol. The third kappa shape index (κ3) is 4.59. The maximum Gasteiger partial charge on any atom is 0.326 e. The minimum Gasteiger partial charge on any atom is -0.480 e. The number of urea groups is 1. The van der Waals surface area contributed by atoms with Gasteiger partial charge in [0.2, 0.25) is 0 Å². The van der Waals surface area contributed by atoms with Gasteiger partial charge in [-0.15, -0.1) is 0 Å². The smallest absolute Gasteiger partial charge is 0.326 e. The molecule has 0 bridgehead atoms. The number of carboxylic acids is 1. The van der Waals surface area contributed by atoms with Crippen LogP contribution in [0.1, 0.15) is 44.9 Å². The standard InChI is InChI=1S/C15H27N3O3/c1-18-9-5-8-12(18)10-16-15(21)17-13(14(19)20)11-6-3-2-4-7-11/h11-13H,2-10H2,1H3,(H,19,20)(H2,16,17,21). The molecule has 0 spiro atoms. The number of aliphatic carboxylic acids is 1. The minimum absolute atomic E-state index is 0.0659. The van der Waals surface area contributed by atoms with E-state index in [2.05, 4.69) is 22.6 Å². The number of carbonyl (C=O) groups is 2. The zero-order valence-corrected chi connectivity index (χ0v) is 12.8. The van der Waals surface area contributed by atoms with E-state index in [0.717, 1.165) is 45.1 Å². The SMILES string of the molecule is CN1CCCC1CNC(=O)NC(C(=O)O)C1CCCCC1. The molecule has 2 aliphatic rings. The van der Waals surface area contributed by atoms with E-state index in [4.69, 9.17) is 0 Å². The van der Waals surface area contributed by atoms with Crippen molar-refractivity contribution in [1.29, 1.82) is 0 Å². The van der Waals surface area contributed by atoms with Gasteiger partial charge in [0.15, 0.2) is 0 Å². The van der Waals surface area contributed by atoms with Gasteiger partial charge in [-0.05, 0) is 45.2 Å². The van der Waals surface area contributed by atoms with Gasteiger partial charge in [0.25, 0.3) is 0 Å². The van der Waals surface area contributed by atoms with Crippen molar-refractivity contribution >= 4 is 12.0 Å². The topological polar surface area (TPSA) is 81.7 Å². The molecule has 3 N–H and O–H groups in total. The molecule has 0 aromatic carbocycles. The van der Waals surface area contributed by atoms with E-state index in [-0.39, 0.29) is 11.9 Å². The number of carboxylic acid groups (broad SMARTS) is 1. The fraction of sp³-hybridized carbons (Fsp3) is 0.867. The summed E-state index contributed by atoms with van der Waals surface area (Å²) in [5.74, 6) is -0.855. The van der Waals surface area contributed by atoms with E-state index in [1.165, 1.54) is 6.42 Å². The van der Waals surface area contributed by atoms with Gasteiger partial charge in [-0.1, -0.05) is 19.3 Å². The molecule has 0 radical (unpaired) electrons. The zero-order valence-electron chi connectivity index (χ0n) is 12.8. The average Bonchev–Trinajstić information content (AvgIpc) is 2.88. The normalized spacial score (nSPS) is 25.5. The van der Waals surface area contributed by atoms with Gasteiger partial charge < -0.3 is 20.6 Å². The molecule has 2 unspecified atom stereocenters. The third-order valence-electron chi connectivity index (χ3n) is 4.84. The Morgan fingerprint density at radius 1 is 1.19 bits per heavy atom. The molecule has 0 aromatic rings. The highest BCUT2D eigenvalue weighted by Crippen LogP contribution is 2.26. The van der Waals surface area contributed by atoms with Crippen molar-refractivity contribution in [2.75, 3.05) is 20.1 Å². The second-order valence-corrected chi connectivity index (χ2v) is 6.35. The summed E-state index contributed by atoms with van der Waals surface area (Å²) in [6, 6.07) is -0.742. The van der Waals surface area contributed by atoms with Gasteiger partial charge in [-0.2, -0.15) is 0 Å². The molecular weight excluding hydrogens is 270 g/mol. The van der Waals surface area contributed by atoms with E-state index >= 15 is 0 Å². The molecule has 2 rings (SSSR count). The van der Waals surface area contributed by atoms with E-state index in [1.54, 1.807) is 0 Å². The molecule has 1 aliphatic carbocycles. The Morgan fingerprint density at radius 3 is 2.48 bits per heavy atom. The molecular formula is C15H27N3O3. The number of carbonyl (C=O) groups excluding carboxylic acids is 1. The van der Waals surface area contributed by atoms with Crippen molar-refractivity contribution in [1.82, 2.24) is 15.5 Å². The molecule has 1 heterocycles. The number of rotatable bonds is 5. The van der Waals surface area contributed by atoms with Crippen LogP contribution in [0, 0.1) is 5.92 Å². The summed E-state index contributed by atoms with van der Waals surface area (Å²) in [5, 5.41) is 14.8. The van der Waals surface area contributed by atoms with E-state index < -0.39 is 12.0 Å². The third-order valence-corrected chi connectivity index (χ3v) is 4.84. The highest BCUT2D eigenvalue weighted by atomic mass is 16.4. The van der Waals surface area contributed by atoms with Crippen LogP contribution in [0.4, 0.5) is 4.79 Å². The van der Waals surface area contributed by atoms with Crippen LogP contribution in [0.5, 0.6) is 0 Å². The second kappa shape index (κ2) is 7.64. The summed E-state index contributed by atoms with van der Waals surface area (Å²) in [5.41, 5.74) is 0. The van der Waals surface area contributed by atoms with Crippen molar-refractivity contribution in [3.05, 3.63) is 0 Å². The zero-order chi connectivity index (χ0) is 15.2. The molecule has 2 amide bonds. The summed E-state index contributed by atoms with van der Waals surface area (Å²) in [4.78, 5) is 25.6. The predicted molar refractivity (Wildman–Crippen MR) is 80.2 cm³/mol. The lowest BCUT2D eigenvalue weighted by molar-refractivity contribution is -0.141. The van der Waals surface area contributed by atoms with Gasteiger partial charge >= 0.3 is 12.0 Å². The quantitative estimate of drug-likeness (QED) is 0.716. The number of nitrogens with one attached hydrogen (secondary N) is 2. The van der Waals surface area contributed by atoms with Crippen LogP contribution in [0.15, 0.2) is 0 Å². The van der Waals surface area contributed by atoms with Crippen LogP contribution < -0.4 is 10.6 Å². The Balaban J connectivity index is 1.79. The Morgan fingerprint density at radius 2 is 1.90 bits per heavy atom. The van der Waals surface area contributed by atoms with Crippen molar-refractivity contribution < 1.29 is 14.7 Å².